The predicted molar refractivity (Wildman–Crippen MR) is 88.2 cm³/mol. The minimum atomic E-state index is 0.647. The van der Waals surface area contributed by atoms with Crippen LogP contribution in [-0.2, 0) is 4.79 Å². The van der Waals surface area contributed by atoms with Gasteiger partial charge in [0.2, 0.25) is 0 Å². The molecule has 21 heavy (non-hydrogen) atoms. The predicted octanol–water partition coefficient (Wildman–Crippen LogP) is 5.09. The van der Waals surface area contributed by atoms with Gasteiger partial charge >= 0.3 is 0 Å². The fourth-order valence-corrected chi connectivity index (χ4v) is 3.42. The lowest BCUT2D eigenvalue weighted by Crippen LogP contribution is -2.13. The summed E-state index contributed by atoms with van der Waals surface area (Å²) >= 11 is 0. The number of benzene rings is 1. The number of unbranched alkanes of at least 4 members (excludes halogenated alkanes) is 2. The molecule has 1 aromatic carbocycles. The van der Waals surface area contributed by atoms with Crippen molar-refractivity contribution in [3.8, 4) is 11.8 Å². The Labute approximate surface area is 129 Å². The van der Waals surface area contributed by atoms with Crippen LogP contribution in [0.25, 0.3) is 0 Å². The molecule has 0 aromatic heterocycles. The molecule has 1 fully saturated rings. The molecule has 1 saturated carbocycles. The van der Waals surface area contributed by atoms with Gasteiger partial charge in [-0.15, -0.1) is 0 Å². The van der Waals surface area contributed by atoms with Crippen LogP contribution in [0, 0.1) is 17.8 Å². The SMILES string of the molecule is CCCCC[C@H]1CC[C@H](c2ccc(C#CC=O)cc2)CC1. The number of hydrogen-bond acceptors (Lipinski definition) is 1. The third kappa shape index (κ3) is 5.05. The lowest BCUT2D eigenvalue weighted by Gasteiger charge is -2.29. The Morgan fingerprint density at radius 2 is 1.81 bits per heavy atom. The Bertz CT molecular complexity index is 481. The molecule has 1 aliphatic rings. The van der Waals surface area contributed by atoms with Gasteiger partial charge in [-0.3, -0.25) is 4.79 Å². The average Bonchev–Trinajstić information content (AvgIpc) is 2.54. The first-order valence-corrected chi connectivity index (χ1v) is 8.38. The number of rotatable bonds is 5. The normalized spacial score (nSPS) is 21.4. The van der Waals surface area contributed by atoms with E-state index in [1.165, 1.54) is 56.9 Å². The zero-order valence-electron chi connectivity index (χ0n) is 13.1. The van der Waals surface area contributed by atoms with E-state index >= 15 is 0 Å². The molecular formula is C20H26O. The summed E-state index contributed by atoms with van der Waals surface area (Å²) in [6.07, 6.45) is 11.6. The molecular weight excluding hydrogens is 256 g/mol. The van der Waals surface area contributed by atoms with Crippen molar-refractivity contribution < 1.29 is 4.79 Å². The van der Waals surface area contributed by atoms with Gasteiger partial charge in [0.05, 0.1) is 0 Å². The van der Waals surface area contributed by atoms with Crippen LogP contribution in [0.2, 0.25) is 0 Å². The minimum Gasteiger partial charge on any atom is -0.289 e. The van der Waals surface area contributed by atoms with Crippen molar-refractivity contribution >= 4 is 6.29 Å². The topological polar surface area (TPSA) is 17.1 Å². The van der Waals surface area contributed by atoms with Crippen LogP contribution < -0.4 is 0 Å². The zero-order valence-corrected chi connectivity index (χ0v) is 13.1. The van der Waals surface area contributed by atoms with Crippen molar-refractivity contribution in [2.75, 3.05) is 0 Å². The highest BCUT2D eigenvalue weighted by Crippen LogP contribution is 2.37. The molecule has 0 atom stereocenters. The third-order valence-corrected chi connectivity index (χ3v) is 4.72. The Morgan fingerprint density at radius 3 is 2.43 bits per heavy atom. The van der Waals surface area contributed by atoms with Crippen molar-refractivity contribution in [2.24, 2.45) is 5.92 Å². The lowest BCUT2D eigenvalue weighted by molar-refractivity contribution is -0.103. The fraction of sp³-hybridized carbons (Fsp3) is 0.550. The molecule has 2 rings (SSSR count). The van der Waals surface area contributed by atoms with E-state index in [-0.39, 0.29) is 0 Å². The van der Waals surface area contributed by atoms with E-state index in [2.05, 4.69) is 30.9 Å². The van der Waals surface area contributed by atoms with Crippen molar-refractivity contribution in [1.29, 1.82) is 0 Å². The maximum Gasteiger partial charge on any atom is 0.193 e. The van der Waals surface area contributed by atoms with E-state index in [1.807, 2.05) is 12.1 Å². The maximum absolute atomic E-state index is 10.2. The molecule has 112 valence electrons. The van der Waals surface area contributed by atoms with Crippen molar-refractivity contribution in [2.45, 2.75) is 64.2 Å². The smallest absolute Gasteiger partial charge is 0.193 e. The molecule has 0 heterocycles. The van der Waals surface area contributed by atoms with Crippen LogP contribution in [0.4, 0.5) is 0 Å². The van der Waals surface area contributed by atoms with Gasteiger partial charge in [0, 0.05) is 5.56 Å². The van der Waals surface area contributed by atoms with E-state index < -0.39 is 0 Å². The molecule has 0 N–H and O–H groups in total. The molecule has 1 aromatic rings. The molecule has 0 aliphatic heterocycles. The number of carbonyl (C=O) groups excluding carboxylic acids is 1. The Kier molecular flexibility index (Phi) is 6.54. The molecule has 0 saturated heterocycles. The molecule has 0 unspecified atom stereocenters. The van der Waals surface area contributed by atoms with E-state index in [9.17, 15) is 4.79 Å². The molecule has 1 nitrogen and oxygen atoms in total. The minimum absolute atomic E-state index is 0.647. The average molecular weight is 282 g/mol. The summed E-state index contributed by atoms with van der Waals surface area (Å²) in [7, 11) is 0. The monoisotopic (exact) mass is 282 g/mol. The quantitative estimate of drug-likeness (QED) is 0.417. The Balaban J connectivity index is 1.83. The number of carbonyl (C=O) groups is 1. The lowest BCUT2D eigenvalue weighted by atomic mass is 9.77. The van der Waals surface area contributed by atoms with Crippen LogP contribution in [0.15, 0.2) is 24.3 Å². The highest BCUT2D eigenvalue weighted by Gasteiger charge is 2.21. The summed E-state index contributed by atoms with van der Waals surface area (Å²) in [6, 6.07) is 8.46. The third-order valence-electron chi connectivity index (χ3n) is 4.72. The number of hydrogen-bond donors (Lipinski definition) is 0. The van der Waals surface area contributed by atoms with Gasteiger partial charge in [-0.25, -0.2) is 0 Å². The van der Waals surface area contributed by atoms with Crippen molar-refractivity contribution in [3.05, 3.63) is 35.4 Å². The van der Waals surface area contributed by atoms with Crippen LogP contribution in [0.3, 0.4) is 0 Å². The van der Waals surface area contributed by atoms with E-state index in [0.717, 1.165) is 17.4 Å². The molecule has 1 aliphatic carbocycles. The van der Waals surface area contributed by atoms with Gasteiger partial charge in [-0.2, -0.15) is 0 Å². The van der Waals surface area contributed by atoms with Gasteiger partial charge in [0.1, 0.15) is 0 Å². The van der Waals surface area contributed by atoms with Gasteiger partial charge in [-0.1, -0.05) is 50.7 Å². The first-order chi connectivity index (χ1) is 10.3. The molecule has 1 heteroatoms. The highest BCUT2D eigenvalue weighted by atomic mass is 16.1. The van der Waals surface area contributed by atoms with Crippen LogP contribution in [0.5, 0.6) is 0 Å². The van der Waals surface area contributed by atoms with Crippen LogP contribution in [-0.4, -0.2) is 6.29 Å². The number of aldehydes is 1. The Hall–Kier alpha value is -1.55. The summed E-state index contributed by atoms with van der Waals surface area (Å²) < 4.78 is 0. The van der Waals surface area contributed by atoms with Gasteiger partial charge in [0.25, 0.3) is 0 Å². The van der Waals surface area contributed by atoms with Crippen molar-refractivity contribution in [3.63, 3.8) is 0 Å². The zero-order chi connectivity index (χ0) is 14.9. The van der Waals surface area contributed by atoms with Crippen LogP contribution >= 0.6 is 0 Å². The molecule has 0 spiro atoms. The van der Waals surface area contributed by atoms with Gasteiger partial charge in [-0.05, 0) is 61.1 Å². The summed E-state index contributed by atoms with van der Waals surface area (Å²) in [6.45, 7) is 2.28. The second-order valence-corrected chi connectivity index (χ2v) is 6.22. The standard InChI is InChI=1S/C20H26O/c1-2-3-4-6-17-8-12-19(13-9-17)20-14-10-18(11-15-20)7-5-16-21/h10-11,14-17,19H,2-4,6,8-9,12-13H2,1H3/t17-,19-. The summed E-state index contributed by atoms with van der Waals surface area (Å²) in [4.78, 5) is 10.2. The van der Waals surface area contributed by atoms with E-state index in [4.69, 9.17) is 0 Å². The maximum atomic E-state index is 10.2. The second-order valence-electron chi connectivity index (χ2n) is 6.22. The first-order valence-electron chi connectivity index (χ1n) is 8.38. The molecule has 0 radical (unpaired) electrons. The van der Waals surface area contributed by atoms with Crippen molar-refractivity contribution in [1.82, 2.24) is 0 Å². The first kappa shape index (κ1) is 15.8. The van der Waals surface area contributed by atoms with Crippen LogP contribution in [0.1, 0.15) is 75.3 Å². The largest absolute Gasteiger partial charge is 0.289 e. The second kappa shape index (κ2) is 8.67. The molecule has 0 bridgehead atoms. The highest BCUT2D eigenvalue weighted by molar-refractivity contribution is 5.73. The van der Waals surface area contributed by atoms with E-state index in [0.29, 0.717) is 6.29 Å². The molecule has 0 amide bonds. The van der Waals surface area contributed by atoms with E-state index in [1.54, 1.807) is 0 Å². The summed E-state index contributed by atoms with van der Waals surface area (Å²) in [5.41, 5.74) is 2.37. The van der Waals surface area contributed by atoms with Gasteiger partial charge < -0.3 is 0 Å². The van der Waals surface area contributed by atoms with Gasteiger partial charge in [0.15, 0.2) is 6.29 Å². The fourth-order valence-electron chi connectivity index (χ4n) is 3.42. The summed E-state index contributed by atoms with van der Waals surface area (Å²) in [5.74, 6) is 6.99. The summed E-state index contributed by atoms with van der Waals surface area (Å²) in [5, 5.41) is 0. The Morgan fingerprint density at radius 1 is 1.10 bits per heavy atom.